The molecule has 1 aliphatic rings. The monoisotopic (exact) mass is 151 g/mol. The molecule has 1 aliphatic heterocycles. The number of amidine groups is 1. The average molecular weight is 151 g/mol. The molecule has 0 radical (unpaired) electrons. The molecule has 3 N–H and O–H groups in total. The van der Waals surface area contributed by atoms with Gasteiger partial charge in [-0.1, -0.05) is 6.92 Å². The summed E-state index contributed by atoms with van der Waals surface area (Å²) >= 11 is 0. The second-order valence-electron chi connectivity index (χ2n) is 2.31. The molecular formula is C7H9N3O. The molecule has 0 fully saturated rings. The second-order valence-corrected chi connectivity index (χ2v) is 2.31. The van der Waals surface area contributed by atoms with Crippen molar-refractivity contribution in [3.63, 3.8) is 0 Å². The van der Waals surface area contributed by atoms with Crippen molar-refractivity contribution in [2.24, 2.45) is 10.7 Å². The van der Waals surface area contributed by atoms with E-state index in [0.29, 0.717) is 6.42 Å². The summed E-state index contributed by atoms with van der Waals surface area (Å²) in [7, 11) is 0. The number of rotatable bonds is 1. The van der Waals surface area contributed by atoms with Crippen LogP contribution in [0.3, 0.4) is 0 Å². The minimum Gasteiger partial charge on any atom is -0.508 e. The van der Waals surface area contributed by atoms with Crippen molar-refractivity contribution in [2.75, 3.05) is 0 Å². The van der Waals surface area contributed by atoms with E-state index in [0.717, 1.165) is 0 Å². The van der Waals surface area contributed by atoms with Gasteiger partial charge in [-0.3, -0.25) is 4.99 Å². The van der Waals surface area contributed by atoms with Crippen LogP contribution in [-0.2, 0) is 0 Å². The first-order chi connectivity index (χ1) is 5.20. The van der Waals surface area contributed by atoms with Gasteiger partial charge in [-0.05, 0) is 6.42 Å². The lowest BCUT2D eigenvalue weighted by molar-refractivity contribution is 0.367. The van der Waals surface area contributed by atoms with Crippen molar-refractivity contribution in [1.82, 2.24) is 0 Å². The van der Waals surface area contributed by atoms with E-state index < -0.39 is 0 Å². The molecule has 0 saturated heterocycles. The Kier molecular flexibility index (Phi) is 1.81. The number of hydrogen-bond acceptors (Lipinski definition) is 4. The van der Waals surface area contributed by atoms with E-state index in [2.05, 4.69) is 4.99 Å². The molecule has 0 aromatic rings. The van der Waals surface area contributed by atoms with Gasteiger partial charge in [-0.2, -0.15) is 5.26 Å². The molecule has 4 heteroatoms. The average Bonchev–Trinajstić information content (AvgIpc) is 2.26. The molecule has 0 aromatic heterocycles. The van der Waals surface area contributed by atoms with Gasteiger partial charge in [0.15, 0.2) is 0 Å². The van der Waals surface area contributed by atoms with E-state index in [4.69, 9.17) is 11.0 Å². The summed E-state index contributed by atoms with van der Waals surface area (Å²) in [4.78, 5) is 3.89. The van der Waals surface area contributed by atoms with Crippen LogP contribution in [-0.4, -0.2) is 17.0 Å². The van der Waals surface area contributed by atoms with E-state index in [-0.39, 0.29) is 23.2 Å². The maximum atomic E-state index is 9.28. The van der Waals surface area contributed by atoms with Crippen molar-refractivity contribution < 1.29 is 5.11 Å². The predicted molar refractivity (Wildman–Crippen MR) is 41.0 cm³/mol. The van der Waals surface area contributed by atoms with Gasteiger partial charge >= 0.3 is 0 Å². The molecule has 0 aliphatic carbocycles. The third kappa shape index (κ3) is 1.05. The highest BCUT2D eigenvalue weighted by Crippen LogP contribution is 2.19. The van der Waals surface area contributed by atoms with Gasteiger partial charge in [0.1, 0.15) is 29.3 Å². The van der Waals surface area contributed by atoms with Gasteiger partial charge in [-0.25, -0.2) is 0 Å². The van der Waals surface area contributed by atoms with Crippen LogP contribution >= 0.6 is 0 Å². The van der Waals surface area contributed by atoms with Gasteiger partial charge in [0.25, 0.3) is 0 Å². The minimum absolute atomic E-state index is 0.00694. The van der Waals surface area contributed by atoms with E-state index in [1.165, 1.54) is 0 Å². The van der Waals surface area contributed by atoms with E-state index >= 15 is 0 Å². The zero-order valence-electron chi connectivity index (χ0n) is 6.20. The SMILES string of the molecule is CC[C@@H]1N=C(N)C(C#N)=C1O. The van der Waals surface area contributed by atoms with Crippen LogP contribution in [0.5, 0.6) is 0 Å². The third-order valence-corrected chi connectivity index (χ3v) is 1.62. The molecule has 0 spiro atoms. The Morgan fingerprint density at radius 1 is 1.82 bits per heavy atom. The lowest BCUT2D eigenvalue weighted by Gasteiger charge is -2.00. The first kappa shape index (κ1) is 7.61. The summed E-state index contributed by atoms with van der Waals surface area (Å²) in [6.45, 7) is 1.87. The van der Waals surface area contributed by atoms with E-state index in [9.17, 15) is 5.11 Å². The number of aliphatic imine (C=N–C) groups is 1. The van der Waals surface area contributed by atoms with E-state index in [1.54, 1.807) is 6.07 Å². The van der Waals surface area contributed by atoms with Crippen LogP contribution in [0.2, 0.25) is 0 Å². The quantitative estimate of drug-likeness (QED) is 0.571. The van der Waals surface area contributed by atoms with Crippen LogP contribution in [0.15, 0.2) is 16.3 Å². The first-order valence-corrected chi connectivity index (χ1v) is 3.37. The fourth-order valence-corrected chi connectivity index (χ4v) is 0.991. The van der Waals surface area contributed by atoms with Crippen LogP contribution < -0.4 is 5.73 Å². The van der Waals surface area contributed by atoms with Crippen molar-refractivity contribution in [2.45, 2.75) is 19.4 Å². The fraction of sp³-hybridized carbons (Fsp3) is 0.429. The topological polar surface area (TPSA) is 82.4 Å². The Hall–Kier alpha value is -1.50. The molecule has 4 nitrogen and oxygen atoms in total. The Morgan fingerprint density at radius 3 is 2.73 bits per heavy atom. The molecule has 0 saturated carbocycles. The Morgan fingerprint density at radius 2 is 2.45 bits per heavy atom. The molecule has 1 heterocycles. The van der Waals surface area contributed by atoms with E-state index in [1.807, 2.05) is 6.92 Å². The number of nitrogens with zero attached hydrogens (tertiary/aromatic N) is 2. The third-order valence-electron chi connectivity index (χ3n) is 1.62. The summed E-state index contributed by atoms with van der Waals surface area (Å²) in [6, 6.07) is 1.50. The molecule has 1 atom stereocenters. The lowest BCUT2D eigenvalue weighted by Crippen LogP contribution is -2.11. The molecule has 0 aromatic carbocycles. The number of nitrogens with two attached hydrogens (primary N) is 1. The highest BCUT2D eigenvalue weighted by atomic mass is 16.3. The molecule has 1 rings (SSSR count). The fourth-order valence-electron chi connectivity index (χ4n) is 0.991. The van der Waals surface area contributed by atoms with Crippen molar-refractivity contribution in [1.29, 1.82) is 5.26 Å². The summed E-state index contributed by atoms with van der Waals surface area (Å²) in [5, 5.41) is 17.8. The van der Waals surface area contributed by atoms with Crippen LogP contribution in [0.4, 0.5) is 0 Å². The van der Waals surface area contributed by atoms with Crippen LogP contribution in [0.25, 0.3) is 0 Å². The second kappa shape index (κ2) is 2.62. The molecule has 0 bridgehead atoms. The van der Waals surface area contributed by atoms with Gasteiger partial charge in [0.2, 0.25) is 0 Å². The lowest BCUT2D eigenvalue weighted by atomic mass is 10.1. The number of aliphatic hydroxyl groups is 1. The highest BCUT2D eigenvalue weighted by molar-refractivity contribution is 6.03. The summed E-state index contributed by atoms with van der Waals surface area (Å²) in [5.41, 5.74) is 5.48. The standard InChI is InChI=1S/C7H9N3O/c1-2-5-6(11)4(3-8)7(9)10-5/h5,11H,2H2,1H3,(H2,9,10)/t5-/m0/s1. The van der Waals surface area contributed by atoms with Crippen molar-refractivity contribution >= 4 is 5.84 Å². The van der Waals surface area contributed by atoms with Gasteiger partial charge in [-0.15, -0.1) is 0 Å². The Labute approximate surface area is 64.7 Å². The van der Waals surface area contributed by atoms with Gasteiger partial charge in [0, 0.05) is 0 Å². The summed E-state index contributed by atoms with van der Waals surface area (Å²) in [6.07, 6.45) is 0.664. The summed E-state index contributed by atoms with van der Waals surface area (Å²) in [5.74, 6) is 0.157. The normalized spacial score (nSPS) is 23.3. The summed E-state index contributed by atoms with van der Waals surface area (Å²) < 4.78 is 0. The minimum atomic E-state index is -0.301. The molecule has 58 valence electrons. The smallest absolute Gasteiger partial charge is 0.140 e. The highest BCUT2D eigenvalue weighted by Gasteiger charge is 2.24. The van der Waals surface area contributed by atoms with Gasteiger partial charge in [0.05, 0.1) is 0 Å². The number of aliphatic hydroxyl groups excluding tert-OH is 1. The van der Waals surface area contributed by atoms with Crippen LogP contribution in [0.1, 0.15) is 13.3 Å². The largest absolute Gasteiger partial charge is 0.508 e. The molecule has 0 unspecified atom stereocenters. The number of hydrogen-bond donors (Lipinski definition) is 2. The zero-order chi connectivity index (χ0) is 8.43. The predicted octanol–water partition coefficient (Wildman–Crippen LogP) is 0.471. The molecule has 11 heavy (non-hydrogen) atoms. The van der Waals surface area contributed by atoms with Crippen LogP contribution in [0, 0.1) is 11.3 Å². The Bertz CT molecular complexity index is 272. The Balaban J connectivity index is 3.01. The van der Waals surface area contributed by atoms with Crippen molar-refractivity contribution in [3.8, 4) is 6.07 Å². The zero-order valence-corrected chi connectivity index (χ0v) is 6.20. The first-order valence-electron chi connectivity index (χ1n) is 3.37. The van der Waals surface area contributed by atoms with Crippen molar-refractivity contribution in [3.05, 3.63) is 11.3 Å². The molecule has 0 amide bonds. The van der Waals surface area contributed by atoms with Gasteiger partial charge < -0.3 is 10.8 Å². The maximum absolute atomic E-state index is 9.28. The molecular weight excluding hydrogens is 142 g/mol. The maximum Gasteiger partial charge on any atom is 0.140 e. The number of nitriles is 1.